The van der Waals surface area contributed by atoms with E-state index in [1.807, 2.05) is 25.1 Å². The highest BCUT2D eigenvalue weighted by Gasteiger charge is 2.15. The highest BCUT2D eigenvalue weighted by Crippen LogP contribution is 2.16. The maximum Gasteiger partial charge on any atom is 0.279 e. The topological polar surface area (TPSA) is 85.9 Å². The second-order valence-electron chi connectivity index (χ2n) is 5.58. The molecule has 2 aromatic rings. The maximum absolute atomic E-state index is 12.0. The molecule has 0 aliphatic carbocycles. The van der Waals surface area contributed by atoms with Gasteiger partial charge in [-0.3, -0.25) is 20.4 Å². The fraction of sp³-hybridized carbons (Fsp3) is 0.263. The van der Waals surface area contributed by atoms with Crippen molar-refractivity contribution in [2.45, 2.75) is 20.0 Å². The van der Waals surface area contributed by atoms with Gasteiger partial charge in [0, 0.05) is 0 Å². The first-order valence-electron chi connectivity index (χ1n) is 8.07. The second-order valence-corrected chi connectivity index (χ2v) is 5.58. The predicted octanol–water partition coefficient (Wildman–Crippen LogP) is 2.00. The van der Waals surface area contributed by atoms with Crippen molar-refractivity contribution < 1.29 is 23.8 Å². The van der Waals surface area contributed by atoms with Crippen LogP contribution in [-0.4, -0.2) is 31.6 Å². The Hall–Kier alpha value is -3.22. The van der Waals surface area contributed by atoms with Crippen molar-refractivity contribution in [2.75, 3.05) is 13.7 Å². The minimum Gasteiger partial charge on any atom is -0.497 e. The molecule has 1 atom stereocenters. The quantitative estimate of drug-likeness (QED) is 0.740. The molecule has 0 bridgehead atoms. The lowest BCUT2D eigenvalue weighted by Crippen LogP contribution is -2.48. The van der Waals surface area contributed by atoms with Gasteiger partial charge in [0.2, 0.25) is 0 Å². The highest BCUT2D eigenvalue weighted by molar-refractivity contribution is 5.85. The number of hydrogen-bond acceptors (Lipinski definition) is 5. The third kappa shape index (κ3) is 6.01. The molecule has 0 fully saturated rings. The molecule has 26 heavy (non-hydrogen) atoms. The first kappa shape index (κ1) is 19.1. The zero-order valence-electron chi connectivity index (χ0n) is 14.9. The van der Waals surface area contributed by atoms with Gasteiger partial charge >= 0.3 is 0 Å². The van der Waals surface area contributed by atoms with Crippen molar-refractivity contribution >= 4 is 11.8 Å². The van der Waals surface area contributed by atoms with Gasteiger partial charge in [0.15, 0.2) is 12.7 Å². The summed E-state index contributed by atoms with van der Waals surface area (Å²) in [5.74, 6) is 0.836. The average Bonchev–Trinajstić information content (AvgIpc) is 2.64. The van der Waals surface area contributed by atoms with Gasteiger partial charge in [0.1, 0.15) is 17.2 Å². The summed E-state index contributed by atoms with van der Waals surface area (Å²) in [6.45, 7) is 3.29. The number of carbonyl (C=O) groups is 2. The van der Waals surface area contributed by atoms with Crippen molar-refractivity contribution in [1.29, 1.82) is 0 Å². The summed E-state index contributed by atoms with van der Waals surface area (Å²) in [5, 5.41) is 0. The molecule has 2 aromatic carbocycles. The molecule has 7 heteroatoms. The molecular formula is C19H22N2O5. The van der Waals surface area contributed by atoms with Crippen molar-refractivity contribution in [3.8, 4) is 17.2 Å². The van der Waals surface area contributed by atoms with Crippen LogP contribution >= 0.6 is 0 Å². The molecule has 0 spiro atoms. The van der Waals surface area contributed by atoms with Crippen LogP contribution in [0.4, 0.5) is 0 Å². The van der Waals surface area contributed by atoms with E-state index in [4.69, 9.17) is 14.2 Å². The van der Waals surface area contributed by atoms with Crippen LogP contribution in [0.1, 0.15) is 12.5 Å². The maximum atomic E-state index is 12.0. The molecule has 7 nitrogen and oxygen atoms in total. The van der Waals surface area contributed by atoms with Gasteiger partial charge in [0.25, 0.3) is 11.8 Å². The van der Waals surface area contributed by atoms with E-state index in [-0.39, 0.29) is 6.61 Å². The molecule has 0 heterocycles. The van der Waals surface area contributed by atoms with Crippen LogP contribution in [0.5, 0.6) is 17.2 Å². The number of aryl methyl sites for hydroxylation is 1. The Bertz CT molecular complexity index is 746. The van der Waals surface area contributed by atoms with Gasteiger partial charge in [-0.2, -0.15) is 0 Å². The number of carbonyl (C=O) groups excluding carboxylic acids is 2. The molecule has 0 saturated heterocycles. The lowest BCUT2D eigenvalue weighted by atomic mass is 10.2. The summed E-state index contributed by atoms with van der Waals surface area (Å²) < 4.78 is 15.9. The van der Waals surface area contributed by atoms with Crippen LogP contribution in [0.2, 0.25) is 0 Å². The Kier molecular flexibility index (Phi) is 6.84. The predicted molar refractivity (Wildman–Crippen MR) is 96.0 cm³/mol. The molecule has 0 radical (unpaired) electrons. The van der Waals surface area contributed by atoms with E-state index in [0.29, 0.717) is 17.2 Å². The van der Waals surface area contributed by atoms with Gasteiger partial charge in [-0.05, 0) is 55.8 Å². The number of ether oxygens (including phenoxy) is 3. The molecular weight excluding hydrogens is 336 g/mol. The summed E-state index contributed by atoms with van der Waals surface area (Å²) in [5.41, 5.74) is 5.62. The summed E-state index contributed by atoms with van der Waals surface area (Å²) in [7, 11) is 1.57. The van der Waals surface area contributed by atoms with Gasteiger partial charge < -0.3 is 14.2 Å². The van der Waals surface area contributed by atoms with Gasteiger partial charge in [-0.25, -0.2) is 0 Å². The third-order valence-corrected chi connectivity index (χ3v) is 3.43. The number of hydrogen-bond donors (Lipinski definition) is 2. The summed E-state index contributed by atoms with van der Waals surface area (Å²) in [4.78, 5) is 23.7. The van der Waals surface area contributed by atoms with E-state index in [1.54, 1.807) is 44.4 Å². The van der Waals surface area contributed by atoms with Crippen molar-refractivity contribution in [1.82, 2.24) is 10.9 Å². The van der Waals surface area contributed by atoms with Gasteiger partial charge in [-0.1, -0.05) is 12.1 Å². The van der Waals surface area contributed by atoms with Crippen LogP contribution in [-0.2, 0) is 9.59 Å². The van der Waals surface area contributed by atoms with Gasteiger partial charge in [0.05, 0.1) is 7.11 Å². The van der Waals surface area contributed by atoms with E-state index in [9.17, 15) is 9.59 Å². The van der Waals surface area contributed by atoms with E-state index < -0.39 is 17.9 Å². The van der Waals surface area contributed by atoms with Crippen LogP contribution in [0, 0.1) is 6.92 Å². The largest absolute Gasteiger partial charge is 0.497 e. The molecule has 0 aromatic heterocycles. The standard InChI is InChI=1S/C19H22N2O5/c1-13-5-4-6-17(11-13)26-14(2)19(23)21-20-18(22)12-25-16-9-7-15(24-3)8-10-16/h4-11,14H,12H2,1-3H3,(H,20,22)(H,21,23). The van der Waals surface area contributed by atoms with Crippen LogP contribution in [0.25, 0.3) is 0 Å². The zero-order valence-corrected chi connectivity index (χ0v) is 14.9. The highest BCUT2D eigenvalue weighted by atomic mass is 16.5. The number of hydrazine groups is 1. The minimum atomic E-state index is -0.764. The normalized spacial score (nSPS) is 11.2. The Morgan fingerprint density at radius 2 is 1.69 bits per heavy atom. The fourth-order valence-corrected chi connectivity index (χ4v) is 2.04. The monoisotopic (exact) mass is 358 g/mol. The Balaban J connectivity index is 1.72. The van der Waals surface area contributed by atoms with Crippen molar-refractivity contribution in [2.24, 2.45) is 0 Å². The number of methoxy groups -OCH3 is 1. The van der Waals surface area contributed by atoms with E-state index in [2.05, 4.69) is 10.9 Å². The molecule has 1 unspecified atom stereocenters. The number of amides is 2. The van der Waals surface area contributed by atoms with Crippen LogP contribution in [0.15, 0.2) is 48.5 Å². The van der Waals surface area contributed by atoms with Gasteiger partial charge in [-0.15, -0.1) is 0 Å². The van der Waals surface area contributed by atoms with E-state index >= 15 is 0 Å². The number of benzene rings is 2. The molecule has 138 valence electrons. The number of nitrogens with one attached hydrogen (secondary N) is 2. The molecule has 0 saturated carbocycles. The summed E-state index contributed by atoms with van der Waals surface area (Å²) in [6.07, 6.45) is -0.764. The average molecular weight is 358 g/mol. The molecule has 0 aliphatic rings. The molecule has 2 amide bonds. The summed E-state index contributed by atoms with van der Waals surface area (Å²) in [6, 6.07) is 14.2. The molecule has 2 rings (SSSR count). The third-order valence-electron chi connectivity index (χ3n) is 3.43. The first-order valence-corrected chi connectivity index (χ1v) is 8.07. The molecule has 2 N–H and O–H groups in total. The van der Waals surface area contributed by atoms with Crippen LogP contribution < -0.4 is 25.1 Å². The lowest BCUT2D eigenvalue weighted by molar-refractivity contribution is -0.133. The first-order chi connectivity index (χ1) is 12.5. The smallest absolute Gasteiger partial charge is 0.279 e. The van der Waals surface area contributed by atoms with Crippen LogP contribution in [0.3, 0.4) is 0 Å². The fourth-order valence-electron chi connectivity index (χ4n) is 2.04. The van der Waals surface area contributed by atoms with Crippen molar-refractivity contribution in [3.63, 3.8) is 0 Å². The lowest BCUT2D eigenvalue weighted by Gasteiger charge is -2.15. The Morgan fingerprint density at radius 1 is 1.00 bits per heavy atom. The van der Waals surface area contributed by atoms with E-state index in [1.165, 1.54) is 0 Å². The van der Waals surface area contributed by atoms with E-state index in [0.717, 1.165) is 5.56 Å². The minimum absolute atomic E-state index is 0.236. The number of rotatable bonds is 7. The van der Waals surface area contributed by atoms with Crippen molar-refractivity contribution in [3.05, 3.63) is 54.1 Å². The SMILES string of the molecule is COc1ccc(OCC(=O)NNC(=O)C(C)Oc2cccc(C)c2)cc1. The summed E-state index contributed by atoms with van der Waals surface area (Å²) >= 11 is 0. The molecule has 0 aliphatic heterocycles. The Morgan fingerprint density at radius 3 is 2.35 bits per heavy atom. The Labute approximate surface area is 152 Å². The zero-order chi connectivity index (χ0) is 18.9. The second kappa shape index (κ2) is 9.31.